The number of hydrogen-bond donors (Lipinski definition) is 1. The average Bonchev–Trinajstić information content (AvgIpc) is 3.17. The van der Waals surface area contributed by atoms with E-state index in [2.05, 4.69) is 15.8 Å². The first kappa shape index (κ1) is 24.8. The Morgan fingerprint density at radius 3 is 2.47 bits per heavy atom. The van der Waals surface area contributed by atoms with Gasteiger partial charge >= 0.3 is 12.1 Å². The highest BCUT2D eigenvalue weighted by atomic mass is 35.5. The fourth-order valence-corrected chi connectivity index (χ4v) is 3.78. The predicted molar refractivity (Wildman–Crippen MR) is 129 cm³/mol. The lowest BCUT2D eigenvalue weighted by molar-refractivity contribution is -0.154. The van der Waals surface area contributed by atoms with Gasteiger partial charge in [0.15, 0.2) is 6.61 Å². The van der Waals surface area contributed by atoms with Crippen LogP contribution in [0.1, 0.15) is 27.0 Å². The lowest BCUT2D eigenvalue weighted by Gasteiger charge is -2.09. The van der Waals surface area contributed by atoms with E-state index in [9.17, 15) is 23.2 Å². The minimum absolute atomic E-state index is 0.116. The van der Waals surface area contributed by atoms with Gasteiger partial charge in [-0.25, -0.2) is 9.78 Å². The first-order valence-corrected chi connectivity index (χ1v) is 10.9. The van der Waals surface area contributed by atoms with Crippen molar-refractivity contribution in [1.29, 1.82) is 5.26 Å². The number of fused-ring (bicyclic) bond motifs is 1. The van der Waals surface area contributed by atoms with Crippen molar-refractivity contribution < 1.29 is 27.8 Å². The van der Waals surface area contributed by atoms with E-state index in [4.69, 9.17) is 16.7 Å². The van der Waals surface area contributed by atoms with Crippen LogP contribution in [-0.2, 0) is 6.54 Å². The van der Waals surface area contributed by atoms with E-state index in [1.54, 1.807) is 36.4 Å². The molecule has 0 fully saturated rings. The summed E-state index contributed by atoms with van der Waals surface area (Å²) in [6, 6.07) is 16.5. The van der Waals surface area contributed by atoms with Crippen LogP contribution in [0, 0.1) is 11.3 Å². The standard InChI is InChI=1S/C26H17ClF3N3O3/c27-21-6-7-22-20(9-19(11-31)17-2-4-18(5-3-17)25(34)35)14-33(23(22)10-21)13-16-1-8-24(32-12-16)36-15-26(28,29)30/h1-10,12,14H,13,15H2,(H,34,35). The summed E-state index contributed by atoms with van der Waals surface area (Å²) in [6.07, 6.45) is 0.517. The smallest absolute Gasteiger partial charge is 0.422 e. The normalized spacial score (nSPS) is 11.9. The van der Waals surface area contributed by atoms with Gasteiger partial charge in [-0.3, -0.25) is 0 Å². The third-order valence-corrected chi connectivity index (χ3v) is 5.51. The van der Waals surface area contributed by atoms with E-state index in [1.807, 2.05) is 16.8 Å². The van der Waals surface area contributed by atoms with E-state index in [-0.39, 0.29) is 11.4 Å². The van der Waals surface area contributed by atoms with Gasteiger partial charge in [-0.2, -0.15) is 18.4 Å². The highest BCUT2D eigenvalue weighted by Gasteiger charge is 2.28. The molecule has 0 amide bonds. The monoisotopic (exact) mass is 511 g/mol. The van der Waals surface area contributed by atoms with Gasteiger partial charge in [0.25, 0.3) is 0 Å². The Kier molecular flexibility index (Phi) is 6.99. The summed E-state index contributed by atoms with van der Waals surface area (Å²) in [7, 11) is 0. The lowest BCUT2D eigenvalue weighted by atomic mass is 10.0. The van der Waals surface area contributed by atoms with Crippen LogP contribution in [0.4, 0.5) is 13.2 Å². The van der Waals surface area contributed by atoms with E-state index >= 15 is 0 Å². The highest BCUT2D eigenvalue weighted by molar-refractivity contribution is 6.31. The number of nitrogens with zero attached hydrogens (tertiary/aromatic N) is 3. The minimum atomic E-state index is -4.45. The molecule has 0 saturated heterocycles. The maximum absolute atomic E-state index is 12.4. The van der Waals surface area contributed by atoms with Gasteiger partial charge in [0.1, 0.15) is 0 Å². The minimum Gasteiger partial charge on any atom is -0.478 e. The molecule has 0 aliphatic heterocycles. The summed E-state index contributed by atoms with van der Waals surface area (Å²) in [6.45, 7) is -1.08. The number of carboxylic acids is 1. The van der Waals surface area contributed by atoms with Crippen molar-refractivity contribution in [2.75, 3.05) is 6.61 Å². The van der Waals surface area contributed by atoms with Crippen LogP contribution in [0.15, 0.2) is 67.0 Å². The van der Waals surface area contributed by atoms with Crippen molar-refractivity contribution >= 4 is 40.1 Å². The molecule has 0 aliphatic rings. The highest BCUT2D eigenvalue weighted by Crippen LogP contribution is 2.29. The second-order valence-corrected chi connectivity index (χ2v) is 8.27. The molecule has 10 heteroatoms. The van der Waals surface area contributed by atoms with Crippen molar-refractivity contribution in [2.45, 2.75) is 12.7 Å². The van der Waals surface area contributed by atoms with Gasteiger partial charge in [0.05, 0.1) is 22.7 Å². The molecule has 0 radical (unpaired) electrons. The number of allylic oxidation sites excluding steroid dienone is 1. The van der Waals surface area contributed by atoms with Crippen molar-refractivity contribution in [3.63, 3.8) is 0 Å². The summed E-state index contributed by atoms with van der Waals surface area (Å²) < 4.78 is 43.6. The maximum atomic E-state index is 12.4. The van der Waals surface area contributed by atoms with Crippen LogP contribution < -0.4 is 4.74 Å². The van der Waals surface area contributed by atoms with Gasteiger partial charge in [-0.05, 0) is 41.5 Å². The quantitative estimate of drug-likeness (QED) is 0.288. The molecular weight excluding hydrogens is 495 g/mol. The third kappa shape index (κ3) is 5.85. The number of hydrogen-bond acceptors (Lipinski definition) is 4. The van der Waals surface area contributed by atoms with Crippen LogP contribution in [0.25, 0.3) is 22.6 Å². The molecule has 0 spiro atoms. The molecule has 1 N–H and O–H groups in total. The van der Waals surface area contributed by atoms with Crippen LogP contribution >= 0.6 is 11.6 Å². The van der Waals surface area contributed by atoms with Gasteiger partial charge < -0.3 is 14.4 Å². The van der Waals surface area contributed by atoms with Gasteiger partial charge in [-0.15, -0.1) is 0 Å². The summed E-state index contributed by atoms with van der Waals surface area (Å²) in [5.41, 5.74) is 3.25. The van der Waals surface area contributed by atoms with E-state index in [0.717, 1.165) is 16.5 Å². The van der Waals surface area contributed by atoms with E-state index < -0.39 is 18.8 Å². The Balaban J connectivity index is 1.65. The Bertz CT molecular complexity index is 1490. The average molecular weight is 512 g/mol. The molecule has 36 heavy (non-hydrogen) atoms. The fourth-order valence-electron chi connectivity index (χ4n) is 3.61. The Hall–Kier alpha value is -4.29. The number of aromatic nitrogens is 2. The van der Waals surface area contributed by atoms with Gasteiger partial charge in [-0.1, -0.05) is 35.9 Å². The number of nitriles is 1. The van der Waals surface area contributed by atoms with Crippen molar-refractivity contribution in [3.05, 3.63) is 94.3 Å². The lowest BCUT2D eigenvalue weighted by Crippen LogP contribution is -2.19. The van der Waals surface area contributed by atoms with Crippen LogP contribution in [0.5, 0.6) is 5.88 Å². The fraction of sp³-hybridized carbons (Fsp3) is 0.115. The predicted octanol–water partition coefficient (Wildman–Crippen LogP) is 6.44. The van der Waals surface area contributed by atoms with Crippen molar-refractivity contribution in [2.24, 2.45) is 0 Å². The molecule has 182 valence electrons. The second-order valence-electron chi connectivity index (χ2n) is 7.83. The van der Waals surface area contributed by atoms with Crippen LogP contribution in [-0.4, -0.2) is 33.4 Å². The Morgan fingerprint density at radius 1 is 1.14 bits per heavy atom. The molecule has 2 aromatic carbocycles. The van der Waals surface area contributed by atoms with Crippen LogP contribution in [0.2, 0.25) is 5.02 Å². The SMILES string of the molecule is N#CC(=Cc1cn(Cc2ccc(OCC(F)(F)F)nc2)c2cc(Cl)ccc12)c1ccc(C(=O)O)cc1. The Labute approximate surface area is 208 Å². The number of ether oxygens (including phenoxy) is 1. The number of carboxylic acid groups (broad SMARTS) is 1. The van der Waals surface area contributed by atoms with Gasteiger partial charge in [0.2, 0.25) is 5.88 Å². The number of aromatic carboxylic acids is 1. The number of alkyl halides is 3. The summed E-state index contributed by atoms with van der Waals surface area (Å²) in [5, 5.41) is 20.2. The number of halogens is 4. The summed E-state index contributed by atoms with van der Waals surface area (Å²) in [4.78, 5) is 15.1. The number of carbonyl (C=O) groups is 1. The largest absolute Gasteiger partial charge is 0.478 e. The molecule has 0 bridgehead atoms. The molecule has 0 saturated carbocycles. The van der Waals surface area contributed by atoms with Crippen molar-refractivity contribution in [3.8, 4) is 11.9 Å². The number of rotatable bonds is 7. The number of benzene rings is 2. The third-order valence-electron chi connectivity index (χ3n) is 5.27. The zero-order chi connectivity index (χ0) is 25.9. The molecule has 4 rings (SSSR count). The molecule has 4 aromatic rings. The molecule has 0 aliphatic carbocycles. The molecule has 0 atom stereocenters. The van der Waals surface area contributed by atoms with E-state index in [1.165, 1.54) is 24.4 Å². The first-order chi connectivity index (χ1) is 17.1. The van der Waals surface area contributed by atoms with Gasteiger partial charge in [0, 0.05) is 41.0 Å². The Morgan fingerprint density at radius 2 is 1.86 bits per heavy atom. The number of pyridine rings is 1. The zero-order valence-corrected chi connectivity index (χ0v) is 19.2. The summed E-state index contributed by atoms with van der Waals surface area (Å²) in [5.74, 6) is -1.19. The molecule has 6 nitrogen and oxygen atoms in total. The topological polar surface area (TPSA) is 88.1 Å². The maximum Gasteiger partial charge on any atom is 0.422 e. The van der Waals surface area contributed by atoms with Crippen LogP contribution in [0.3, 0.4) is 0 Å². The zero-order valence-electron chi connectivity index (χ0n) is 18.5. The summed E-state index contributed by atoms with van der Waals surface area (Å²) >= 11 is 6.21. The molecule has 0 unspecified atom stereocenters. The molecular formula is C26H17ClF3N3O3. The van der Waals surface area contributed by atoms with E-state index in [0.29, 0.717) is 28.3 Å². The molecule has 2 aromatic heterocycles. The second kappa shape index (κ2) is 10.1. The van der Waals surface area contributed by atoms with Crippen molar-refractivity contribution in [1.82, 2.24) is 9.55 Å². The molecule has 2 heterocycles. The first-order valence-electron chi connectivity index (χ1n) is 10.5.